The summed E-state index contributed by atoms with van der Waals surface area (Å²) < 4.78 is 0. The van der Waals surface area contributed by atoms with Gasteiger partial charge in [0.15, 0.2) is 5.16 Å². The lowest BCUT2D eigenvalue weighted by atomic mass is 9.84. The van der Waals surface area contributed by atoms with E-state index < -0.39 is 0 Å². The number of aromatic nitrogens is 2. The van der Waals surface area contributed by atoms with E-state index in [0.29, 0.717) is 5.41 Å². The maximum Gasteiger partial charge on any atom is 0.166 e. The first-order valence-corrected chi connectivity index (χ1v) is 9.53. The van der Waals surface area contributed by atoms with Crippen LogP contribution in [-0.2, 0) is 0 Å². The van der Waals surface area contributed by atoms with Crippen molar-refractivity contribution < 1.29 is 0 Å². The van der Waals surface area contributed by atoms with Crippen molar-refractivity contribution in [1.29, 1.82) is 0 Å². The van der Waals surface area contributed by atoms with E-state index in [-0.39, 0.29) is 0 Å². The molecule has 1 fully saturated rings. The number of H-pyrrole nitrogens is 1. The van der Waals surface area contributed by atoms with E-state index in [1.807, 2.05) is 11.8 Å². The number of thioether (sulfide) groups is 1. The number of nitrogens with one attached hydrogen (secondary N) is 1. The lowest BCUT2D eigenvalue weighted by molar-refractivity contribution is 0.332. The van der Waals surface area contributed by atoms with Crippen molar-refractivity contribution in [3.63, 3.8) is 0 Å². The molecule has 3 rings (SSSR count). The predicted molar refractivity (Wildman–Crippen MR) is 95.5 cm³/mol. The zero-order chi connectivity index (χ0) is 14.7. The molecule has 21 heavy (non-hydrogen) atoms. The average Bonchev–Trinajstić information content (AvgIpc) is 2.74. The summed E-state index contributed by atoms with van der Waals surface area (Å²) in [5.74, 6) is 2.13. The van der Waals surface area contributed by atoms with Gasteiger partial charge in [-0.25, -0.2) is 4.98 Å². The molecule has 114 valence electrons. The van der Waals surface area contributed by atoms with Gasteiger partial charge in [0.25, 0.3) is 0 Å². The van der Waals surface area contributed by atoms with Gasteiger partial charge in [-0.15, -0.1) is 0 Å². The molecule has 1 aliphatic rings. The van der Waals surface area contributed by atoms with Gasteiger partial charge in [-0.1, -0.05) is 43.5 Å². The Morgan fingerprint density at radius 2 is 2.00 bits per heavy atom. The summed E-state index contributed by atoms with van der Waals surface area (Å²) in [5.41, 5.74) is 3.90. The second-order valence-electron chi connectivity index (χ2n) is 6.42. The molecule has 2 aromatic rings. The topological polar surface area (TPSA) is 28.7 Å². The van der Waals surface area contributed by atoms with E-state index >= 15 is 0 Å². The minimum Gasteiger partial charge on any atom is -0.333 e. The van der Waals surface area contributed by atoms with E-state index in [1.54, 1.807) is 0 Å². The predicted octanol–water partition coefficient (Wildman–Crippen LogP) is 5.23. The summed E-state index contributed by atoms with van der Waals surface area (Å²) in [4.78, 5) is 8.17. The van der Waals surface area contributed by atoms with Crippen LogP contribution >= 0.6 is 24.4 Å². The molecule has 0 atom stereocenters. The van der Waals surface area contributed by atoms with Crippen LogP contribution < -0.4 is 0 Å². The van der Waals surface area contributed by atoms with E-state index in [2.05, 4.69) is 42.7 Å². The summed E-state index contributed by atoms with van der Waals surface area (Å²) in [5, 5.41) is 1.06. The zero-order valence-electron chi connectivity index (χ0n) is 12.7. The van der Waals surface area contributed by atoms with Gasteiger partial charge in [0.2, 0.25) is 0 Å². The Balaban J connectivity index is 1.72. The van der Waals surface area contributed by atoms with E-state index in [4.69, 9.17) is 4.98 Å². The Labute approximate surface area is 136 Å². The van der Waals surface area contributed by atoms with Gasteiger partial charge in [-0.3, -0.25) is 0 Å². The molecular formula is C17H24N2S2. The molecule has 4 heteroatoms. The number of rotatable bonds is 4. The molecular weight excluding hydrogens is 296 g/mol. The van der Waals surface area contributed by atoms with Gasteiger partial charge >= 0.3 is 0 Å². The van der Waals surface area contributed by atoms with Crippen molar-refractivity contribution in [1.82, 2.24) is 9.97 Å². The molecule has 1 N–H and O–H groups in total. The van der Waals surface area contributed by atoms with Gasteiger partial charge in [0, 0.05) is 5.75 Å². The first-order chi connectivity index (χ1) is 10.2. The summed E-state index contributed by atoms with van der Waals surface area (Å²) in [6, 6.07) is 6.40. The third-order valence-electron chi connectivity index (χ3n) is 4.63. The lowest BCUT2D eigenvalue weighted by Crippen LogP contribution is -2.25. The molecule has 0 amide bonds. The molecule has 0 saturated heterocycles. The van der Waals surface area contributed by atoms with E-state index in [9.17, 15) is 0 Å². The van der Waals surface area contributed by atoms with E-state index in [1.165, 1.54) is 44.1 Å². The summed E-state index contributed by atoms with van der Waals surface area (Å²) in [7, 11) is 0. The third kappa shape index (κ3) is 3.59. The van der Waals surface area contributed by atoms with Crippen LogP contribution in [0.4, 0.5) is 0 Å². The number of hydrogen-bond acceptors (Lipinski definition) is 3. The molecule has 1 aromatic carbocycles. The van der Waals surface area contributed by atoms with Gasteiger partial charge in [-0.05, 0) is 48.6 Å². The Bertz CT molecular complexity index is 598. The fourth-order valence-electron chi connectivity index (χ4n) is 3.22. The first kappa shape index (κ1) is 15.3. The fourth-order valence-corrected chi connectivity index (χ4v) is 4.97. The molecule has 0 bridgehead atoms. The molecule has 1 heterocycles. The number of imidazole rings is 1. The molecule has 0 spiro atoms. The number of fused-ring (bicyclic) bond motifs is 1. The minimum absolute atomic E-state index is 0.402. The van der Waals surface area contributed by atoms with Crippen molar-refractivity contribution in [2.45, 2.75) is 50.6 Å². The van der Waals surface area contributed by atoms with Crippen LogP contribution in [0.1, 0.15) is 44.1 Å². The highest BCUT2D eigenvalue weighted by atomic mass is 32.2. The maximum absolute atomic E-state index is 4.71. The van der Waals surface area contributed by atoms with Crippen LogP contribution in [0.15, 0.2) is 23.4 Å². The summed E-state index contributed by atoms with van der Waals surface area (Å²) in [6.45, 7) is 2.12. The monoisotopic (exact) mass is 320 g/mol. The third-order valence-corrected chi connectivity index (χ3v) is 6.52. The highest BCUT2D eigenvalue weighted by Gasteiger charge is 2.30. The second kappa shape index (κ2) is 6.66. The second-order valence-corrected chi connectivity index (χ2v) is 7.70. The van der Waals surface area contributed by atoms with Gasteiger partial charge < -0.3 is 4.98 Å². The Morgan fingerprint density at radius 3 is 2.71 bits per heavy atom. The number of benzene rings is 1. The smallest absolute Gasteiger partial charge is 0.166 e. The highest BCUT2D eigenvalue weighted by Crippen LogP contribution is 2.40. The van der Waals surface area contributed by atoms with Crippen molar-refractivity contribution in [2.24, 2.45) is 5.41 Å². The zero-order valence-corrected chi connectivity index (χ0v) is 14.4. The fraction of sp³-hybridized carbons (Fsp3) is 0.588. The SMILES string of the molecule is Cc1ccc2nc(SCC3(CS)CCCCCC3)[nH]c2c1. The quantitative estimate of drug-likeness (QED) is 0.458. The first-order valence-electron chi connectivity index (χ1n) is 7.91. The number of nitrogens with zero attached hydrogens (tertiary/aromatic N) is 1. The van der Waals surface area contributed by atoms with Crippen LogP contribution in [-0.4, -0.2) is 21.5 Å². The molecule has 0 aliphatic heterocycles. The normalized spacial score (nSPS) is 18.8. The lowest BCUT2D eigenvalue weighted by Gasteiger charge is -2.30. The average molecular weight is 321 g/mol. The number of hydrogen-bond donors (Lipinski definition) is 2. The standard InChI is InChI=1S/C17H24N2S2/c1-13-6-7-14-15(10-13)19-16(18-14)21-12-17(11-20)8-4-2-3-5-9-17/h6-7,10,20H,2-5,8-9,11-12H2,1H3,(H,18,19). The van der Waals surface area contributed by atoms with Crippen molar-refractivity contribution in [2.75, 3.05) is 11.5 Å². The number of thiol groups is 1. The Morgan fingerprint density at radius 1 is 1.24 bits per heavy atom. The molecule has 1 aliphatic carbocycles. The van der Waals surface area contributed by atoms with Gasteiger partial charge in [0.1, 0.15) is 0 Å². The molecule has 0 radical (unpaired) electrons. The highest BCUT2D eigenvalue weighted by molar-refractivity contribution is 7.99. The summed E-state index contributed by atoms with van der Waals surface area (Å²) >= 11 is 6.54. The van der Waals surface area contributed by atoms with Gasteiger partial charge in [0.05, 0.1) is 11.0 Å². The molecule has 2 nitrogen and oxygen atoms in total. The van der Waals surface area contributed by atoms with Crippen LogP contribution in [0.5, 0.6) is 0 Å². The van der Waals surface area contributed by atoms with Crippen LogP contribution in [0.3, 0.4) is 0 Å². The number of aromatic amines is 1. The van der Waals surface area contributed by atoms with E-state index in [0.717, 1.165) is 27.7 Å². The van der Waals surface area contributed by atoms with Crippen molar-refractivity contribution >= 4 is 35.4 Å². The van der Waals surface area contributed by atoms with Crippen molar-refractivity contribution in [3.05, 3.63) is 23.8 Å². The maximum atomic E-state index is 4.71. The molecule has 0 unspecified atom stereocenters. The van der Waals surface area contributed by atoms with Crippen molar-refractivity contribution in [3.8, 4) is 0 Å². The Kier molecular flexibility index (Phi) is 4.85. The molecule has 1 saturated carbocycles. The van der Waals surface area contributed by atoms with Crippen LogP contribution in [0.25, 0.3) is 11.0 Å². The molecule has 1 aromatic heterocycles. The van der Waals surface area contributed by atoms with Gasteiger partial charge in [-0.2, -0.15) is 12.6 Å². The number of aryl methyl sites for hydroxylation is 1. The summed E-state index contributed by atoms with van der Waals surface area (Å²) in [6.07, 6.45) is 8.15. The largest absolute Gasteiger partial charge is 0.333 e. The minimum atomic E-state index is 0.402. The van der Waals surface area contributed by atoms with Crippen LogP contribution in [0, 0.1) is 12.3 Å². The van der Waals surface area contributed by atoms with Crippen LogP contribution in [0.2, 0.25) is 0 Å². The Hall–Kier alpha value is -0.610.